The number of rotatable bonds is 5. The van der Waals surface area contributed by atoms with E-state index in [0.29, 0.717) is 10.9 Å². The van der Waals surface area contributed by atoms with Gasteiger partial charge in [0.1, 0.15) is 11.5 Å². The van der Waals surface area contributed by atoms with Gasteiger partial charge < -0.3 is 4.74 Å². The maximum absolute atomic E-state index is 12.2. The molecule has 0 atom stereocenters. The van der Waals surface area contributed by atoms with Crippen molar-refractivity contribution in [1.29, 1.82) is 0 Å². The molecule has 0 unspecified atom stereocenters. The van der Waals surface area contributed by atoms with Crippen LogP contribution in [0.2, 0.25) is 0 Å². The molecule has 0 spiro atoms. The minimum Gasteiger partial charge on any atom is -0.435 e. The normalized spacial score (nSPS) is 10.6. The van der Waals surface area contributed by atoms with E-state index < -0.39 is 6.61 Å². The van der Waals surface area contributed by atoms with E-state index in [1.54, 1.807) is 12.1 Å². The van der Waals surface area contributed by atoms with Crippen molar-refractivity contribution in [3.05, 3.63) is 29.3 Å². The number of ether oxygens (including phenoxy) is 1. The molecule has 0 N–H and O–H groups in total. The van der Waals surface area contributed by atoms with E-state index in [2.05, 4.69) is 20.7 Å². The summed E-state index contributed by atoms with van der Waals surface area (Å²) in [5.41, 5.74) is 1.31. The van der Waals surface area contributed by atoms with Crippen molar-refractivity contribution >= 4 is 21.7 Å². The molecule has 1 rings (SSSR count). The van der Waals surface area contributed by atoms with Crippen molar-refractivity contribution < 1.29 is 18.3 Å². The van der Waals surface area contributed by atoms with Gasteiger partial charge in [-0.15, -0.1) is 0 Å². The SMILES string of the molecule is CC(=O)Cc1c(CBr)cccc1OC(F)F. The largest absolute Gasteiger partial charge is 0.435 e. The van der Waals surface area contributed by atoms with Crippen LogP contribution in [0.3, 0.4) is 0 Å². The second kappa shape index (κ2) is 5.94. The molecule has 2 nitrogen and oxygen atoms in total. The fourth-order valence-corrected chi connectivity index (χ4v) is 1.92. The van der Waals surface area contributed by atoms with Gasteiger partial charge in [-0.3, -0.25) is 4.79 Å². The molecule has 0 saturated carbocycles. The molecule has 1 aromatic carbocycles. The zero-order valence-corrected chi connectivity index (χ0v) is 10.3. The highest BCUT2D eigenvalue weighted by Gasteiger charge is 2.14. The van der Waals surface area contributed by atoms with Gasteiger partial charge in [-0.25, -0.2) is 0 Å². The molecule has 88 valence electrons. The van der Waals surface area contributed by atoms with E-state index >= 15 is 0 Å². The highest BCUT2D eigenvalue weighted by Crippen LogP contribution is 2.26. The van der Waals surface area contributed by atoms with Crippen LogP contribution in [0.15, 0.2) is 18.2 Å². The number of hydrogen-bond acceptors (Lipinski definition) is 2. The van der Waals surface area contributed by atoms with Gasteiger partial charge in [-0.2, -0.15) is 8.78 Å². The third kappa shape index (κ3) is 3.56. The third-order valence-electron chi connectivity index (χ3n) is 2.02. The number of hydrogen-bond donors (Lipinski definition) is 0. The van der Waals surface area contributed by atoms with E-state index in [0.717, 1.165) is 5.56 Å². The standard InChI is InChI=1S/C11H11BrF2O2/c1-7(15)5-9-8(6-12)3-2-4-10(9)16-11(13)14/h2-4,11H,5-6H2,1H3. The summed E-state index contributed by atoms with van der Waals surface area (Å²) in [4.78, 5) is 11.1. The van der Waals surface area contributed by atoms with E-state index in [-0.39, 0.29) is 18.0 Å². The van der Waals surface area contributed by atoms with Crippen LogP contribution < -0.4 is 4.74 Å². The number of ketones is 1. The first-order chi connectivity index (χ1) is 7.54. The summed E-state index contributed by atoms with van der Waals surface area (Å²) in [6, 6.07) is 4.83. The molecule has 0 radical (unpaired) electrons. The summed E-state index contributed by atoms with van der Waals surface area (Å²) >= 11 is 3.24. The second-order valence-electron chi connectivity index (χ2n) is 3.28. The van der Waals surface area contributed by atoms with Crippen molar-refractivity contribution in [2.75, 3.05) is 0 Å². The number of halogens is 3. The fraction of sp³-hybridized carbons (Fsp3) is 0.364. The van der Waals surface area contributed by atoms with Gasteiger partial charge >= 0.3 is 6.61 Å². The molecule has 0 fully saturated rings. The summed E-state index contributed by atoms with van der Waals surface area (Å²) in [6.07, 6.45) is 0.101. The Morgan fingerprint density at radius 1 is 1.50 bits per heavy atom. The van der Waals surface area contributed by atoms with E-state index in [4.69, 9.17) is 0 Å². The van der Waals surface area contributed by atoms with Crippen molar-refractivity contribution in [3.8, 4) is 5.75 Å². The molecule has 0 amide bonds. The van der Waals surface area contributed by atoms with Gasteiger partial charge in [0.15, 0.2) is 0 Å². The zero-order valence-electron chi connectivity index (χ0n) is 8.67. The van der Waals surface area contributed by atoms with E-state index in [1.165, 1.54) is 13.0 Å². The number of Topliss-reactive ketones (excluding diaryl/α,β-unsaturated/α-hetero) is 1. The highest BCUT2D eigenvalue weighted by atomic mass is 79.9. The van der Waals surface area contributed by atoms with Crippen molar-refractivity contribution in [1.82, 2.24) is 0 Å². The van der Waals surface area contributed by atoms with Crippen LogP contribution in [0.1, 0.15) is 18.1 Å². The maximum atomic E-state index is 12.2. The van der Waals surface area contributed by atoms with Gasteiger partial charge in [0.25, 0.3) is 0 Å². The minimum absolute atomic E-state index is 0.0714. The molecule has 0 aliphatic carbocycles. The first-order valence-electron chi connectivity index (χ1n) is 4.65. The van der Waals surface area contributed by atoms with Gasteiger partial charge in [-0.05, 0) is 18.6 Å². The Morgan fingerprint density at radius 2 is 2.19 bits per heavy atom. The molecular weight excluding hydrogens is 282 g/mol. The Morgan fingerprint density at radius 3 is 2.69 bits per heavy atom. The summed E-state index contributed by atoms with van der Waals surface area (Å²) < 4.78 is 28.7. The van der Waals surface area contributed by atoms with Gasteiger partial charge in [-0.1, -0.05) is 28.1 Å². The predicted octanol–water partition coefficient (Wildman–Crippen LogP) is 3.31. The van der Waals surface area contributed by atoms with Crippen LogP contribution >= 0.6 is 15.9 Å². The summed E-state index contributed by atoms with van der Waals surface area (Å²) in [7, 11) is 0. The predicted molar refractivity (Wildman–Crippen MR) is 60.1 cm³/mol. The summed E-state index contributed by atoms with van der Waals surface area (Å²) in [6.45, 7) is -1.46. The molecule has 16 heavy (non-hydrogen) atoms. The average Bonchev–Trinajstić information content (AvgIpc) is 2.19. The lowest BCUT2D eigenvalue weighted by atomic mass is 10.0. The quantitative estimate of drug-likeness (QED) is 0.778. The Hall–Kier alpha value is -0.970. The minimum atomic E-state index is -2.88. The first kappa shape index (κ1) is 13.1. The lowest BCUT2D eigenvalue weighted by molar-refractivity contribution is -0.116. The van der Waals surface area contributed by atoms with Crippen molar-refractivity contribution in [2.45, 2.75) is 25.3 Å². The topological polar surface area (TPSA) is 26.3 Å². The molecule has 0 aromatic heterocycles. The van der Waals surface area contributed by atoms with Crippen molar-refractivity contribution in [2.24, 2.45) is 0 Å². The van der Waals surface area contributed by atoms with Crippen LogP contribution in [0, 0.1) is 0 Å². The maximum Gasteiger partial charge on any atom is 0.387 e. The fourth-order valence-electron chi connectivity index (χ4n) is 1.39. The van der Waals surface area contributed by atoms with Gasteiger partial charge in [0.05, 0.1) is 0 Å². The first-order valence-corrected chi connectivity index (χ1v) is 5.77. The third-order valence-corrected chi connectivity index (χ3v) is 2.62. The number of alkyl halides is 3. The zero-order chi connectivity index (χ0) is 12.1. The Kier molecular flexibility index (Phi) is 4.86. The molecule has 0 saturated heterocycles. The van der Waals surface area contributed by atoms with Crippen LogP contribution in [0.5, 0.6) is 5.75 Å². The van der Waals surface area contributed by atoms with Crippen molar-refractivity contribution in [3.63, 3.8) is 0 Å². The lowest BCUT2D eigenvalue weighted by Crippen LogP contribution is -2.08. The second-order valence-corrected chi connectivity index (χ2v) is 3.85. The molecule has 0 aliphatic rings. The smallest absolute Gasteiger partial charge is 0.387 e. The van der Waals surface area contributed by atoms with Crippen LogP contribution in [0.4, 0.5) is 8.78 Å². The van der Waals surface area contributed by atoms with Gasteiger partial charge in [0.2, 0.25) is 0 Å². The van der Waals surface area contributed by atoms with Gasteiger partial charge in [0, 0.05) is 17.3 Å². The lowest BCUT2D eigenvalue weighted by Gasteiger charge is -2.12. The van der Waals surface area contributed by atoms with Crippen LogP contribution in [0.25, 0.3) is 0 Å². The molecule has 0 bridgehead atoms. The van der Waals surface area contributed by atoms with Crippen LogP contribution in [-0.2, 0) is 16.5 Å². The summed E-state index contributed by atoms with van der Waals surface area (Å²) in [5.74, 6) is -0.0188. The Labute approximate surface area is 101 Å². The monoisotopic (exact) mass is 292 g/mol. The molecule has 1 aromatic rings. The Balaban J connectivity index is 3.09. The highest BCUT2D eigenvalue weighted by molar-refractivity contribution is 9.08. The number of benzene rings is 1. The number of carbonyl (C=O) groups excluding carboxylic acids is 1. The molecule has 5 heteroatoms. The molecular formula is C11H11BrF2O2. The number of carbonyl (C=O) groups is 1. The molecule has 0 aliphatic heterocycles. The average molecular weight is 293 g/mol. The van der Waals surface area contributed by atoms with E-state index in [9.17, 15) is 13.6 Å². The molecule has 0 heterocycles. The summed E-state index contributed by atoms with van der Waals surface area (Å²) in [5, 5.41) is 0.496. The van der Waals surface area contributed by atoms with Crippen LogP contribution in [-0.4, -0.2) is 12.4 Å². The van der Waals surface area contributed by atoms with E-state index in [1.807, 2.05) is 0 Å². The Bertz CT molecular complexity index is 380.